The standard InChI is InChI=1S/C3H2ClFN2/c4-3-1-2-7(5)6-3/h1-2H. The van der Waals surface area contributed by atoms with Crippen molar-refractivity contribution in [2.24, 2.45) is 0 Å². The first-order valence-electron chi connectivity index (χ1n) is 1.66. The Morgan fingerprint density at radius 1 is 1.86 bits per heavy atom. The van der Waals surface area contributed by atoms with Crippen molar-refractivity contribution in [2.45, 2.75) is 0 Å². The Balaban J connectivity index is 3.04. The lowest BCUT2D eigenvalue weighted by Crippen LogP contribution is -1.77. The number of aromatic nitrogens is 2. The van der Waals surface area contributed by atoms with Crippen molar-refractivity contribution in [1.29, 1.82) is 0 Å². The van der Waals surface area contributed by atoms with E-state index < -0.39 is 0 Å². The third-order valence-corrected chi connectivity index (χ3v) is 0.728. The molecule has 0 unspecified atom stereocenters. The molecular weight excluding hydrogens is 118 g/mol. The van der Waals surface area contributed by atoms with Gasteiger partial charge in [0.25, 0.3) is 0 Å². The van der Waals surface area contributed by atoms with E-state index in [0.29, 0.717) is 0 Å². The summed E-state index contributed by atoms with van der Waals surface area (Å²) in [4.78, 5) is 0.155. The first-order valence-corrected chi connectivity index (χ1v) is 2.04. The quantitative estimate of drug-likeness (QED) is 0.504. The smallest absolute Gasteiger partial charge is 0.130 e. The zero-order valence-electron chi connectivity index (χ0n) is 3.31. The topological polar surface area (TPSA) is 17.8 Å². The molecule has 1 aromatic heterocycles. The molecule has 0 atom stereocenters. The molecule has 0 radical (unpaired) electrons. The second-order valence-electron chi connectivity index (χ2n) is 1.03. The summed E-state index contributed by atoms with van der Waals surface area (Å²) in [7, 11) is 0. The molecule has 4 heteroatoms. The minimum atomic E-state index is 0.155. The maximum absolute atomic E-state index is 11.6. The Bertz CT molecular complexity index is 145. The summed E-state index contributed by atoms with van der Waals surface area (Å²) >= 11 is 5.19. The largest absolute Gasteiger partial charge is 0.153 e. The van der Waals surface area contributed by atoms with E-state index in [1.165, 1.54) is 6.07 Å². The van der Waals surface area contributed by atoms with Gasteiger partial charge >= 0.3 is 0 Å². The number of rotatable bonds is 0. The van der Waals surface area contributed by atoms with Crippen molar-refractivity contribution in [3.63, 3.8) is 0 Å². The fraction of sp³-hybridized carbons (Fsp3) is 0. The van der Waals surface area contributed by atoms with Gasteiger partial charge in [0, 0.05) is 0 Å². The van der Waals surface area contributed by atoms with Gasteiger partial charge in [0.1, 0.15) is 0 Å². The van der Waals surface area contributed by atoms with Crippen molar-refractivity contribution >= 4 is 11.6 Å². The maximum Gasteiger partial charge on any atom is 0.153 e. The zero-order chi connectivity index (χ0) is 5.28. The molecule has 0 saturated carbocycles. The summed E-state index contributed by atoms with van der Waals surface area (Å²) in [6, 6.07) is 1.36. The van der Waals surface area contributed by atoms with Crippen molar-refractivity contribution in [1.82, 2.24) is 10.0 Å². The molecule has 0 spiro atoms. The fourth-order valence-electron chi connectivity index (χ4n) is 0.281. The molecule has 0 aromatic carbocycles. The van der Waals surface area contributed by atoms with Crippen LogP contribution in [0.5, 0.6) is 0 Å². The minimum absolute atomic E-state index is 0.155. The van der Waals surface area contributed by atoms with Crippen LogP contribution < -0.4 is 0 Å². The normalized spacial score (nSPS) is 9.43. The van der Waals surface area contributed by atoms with E-state index in [-0.39, 0.29) is 10.1 Å². The average Bonchev–Trinajstić information content (AvgIpc) is 1.87. The maximum atomic E-state index is 11.6. The predicted octanol–water partition coefficient (Wildman–Crippen LogP) is 1.27. The first kappa shape index (κ1) is 4.59. The van der Waals surface area contributed by atoms with Gasteiger partial charge in [-0.05, 0) is 6.07 Å². The van der Waals surface area contributed by atoms with Crippen LogP contribution in [-0.4, -0.2) is 10.0 Å². The summed E-state index contributed by atoms with van der Waals surface area (Å²) in [6.45, 7) is 0. The third-order valence-electron chi connectivity index (χ3n) is 0.526. The van der Waals surface area contributed by atoms with Gasteiger partial charge in [0.05, 0.1) is 6.20 Å². The first-order chi connectivity index (χ1) is 3.29. The molecule has 0 aliphatic heterocycles. The van der Waals surface area contributed by atoms with Crippen LogP contribution >= 0.6 is 11.6 Å². The molecule has 0 saturated heterocycles. The number of hydrogen-bond acceptors (Lipinski definition) is 1. The zero-order valence-corrected chi connectivity index (χ0v) is 4.06. The van der Waals surface area contributed by atoms with Crippen LogP contribution in [-0.2, 0) is 0 Å². The Kier molecular flexibility index (Phi) is 0.982. The van der Waals surface area contributed by atoms with E-state index in [4.69, 9.17) is 11.6 Å². The molecule has 38 valence electrons. The van der Waals surface area contributed by atoms with Crippen molar-refractivity contribution in [3.8, 4) is 0 Å². The highest BCUT2D eigenvalue weighted by Gasteiger charge is 1.88. The van der Waals surface area contributed by atoms with Crippen molar-refractivity contribution in [3.05, 3.63) is 17.4 Å². The molecule has 1 heterocycles. The second kappa shape index (κ2) is 1.50. The van der Waals surface area contributed by atoms with Gasteiger partial charge in [-0.15, -0.1) is 10.0 Å². The van der Waals surface area contributed by atoms with Crippen LogP contribution in [0.4, 0.5) is 4.48 Å². The van der Waals surface area contributed by atoms with Crippen LogP contribution in [0.15, 0.2) is 12.3 Å². The highest BCUT2D eigenvalue weighted by molar-refractivity contribution is 6.29. The Hall–Kier alpha value is -0.570. The molecule has 0 bridgehead atoms. The fourth-order valence-corrected chi connectivity index (χ4v) is 0.409. The predicted molar refractivity (Wildman–Crippen MR) is 23.7 cm³/mol. The van der Waals surface area contributed by atoms with Crippen LogP contribution in [0.1, 0.15) is 0 Å². The van der Waals surface area contributed by atoms with Gasteiger partial charge in [-0.1, -0.05) is 16.1 Å². The molecule has 0 aliphatic rings. The van der Waals surface area contributed by atoms with Gasteiger partial charge in [-0.3, -0.25) is 0 Å². The lowest BCUT2D eigenvalue weighted by molar-refractivity contribution is 0.316. The molecular formula is C3H2ClFN2. The molecule has 0 N–H and O–H groups in total. The molecule has 0 amide bonds. The number of nitrogens with zero attached hydrogens (tertiary/aromatic N) is 2. The van der Waals surface area contributed by atoms with Crippen LogP contribution in [0.3, 0.4) is 0 Å². The summed E-state index contributed by atoms with van der Waals surface area (Å²) in [6.07, 6.45) is 1.13. The van der Waals surface area contributed by atoms with Gasteiger partial charge in [-0.2, -0.15) is 0 Å². The van der Waals surface area contributed by atoms with E-state index in [1.54, 1.807) is 0 Å². The van der Waals surface area contributed by atoms with Crippen LogP contribution in [0.2, 0.25) is 5.15 Å². The van der Waals surface area contributed by atoms with Crippen molar-refractivity contribution in [2.75, 3.05) is 0 Å². The Labute approximate surface area is 44.4 Å². The lowest BCUT2D eigenvalue weighted by atomic mass is 10.8. The van der Waals surface area contributed by atoms with Crippen LogP contribution in [0, 0.1) is 0 Å². The SMILES string of the molecule is Fn1ccc(Cl)n1. The highest BCUT2D eigenvalue weighted by Crippen LogP contribution is 2.00. The van der Waals surface area contributed by atoms with Gasteiger partial charge in [-0.25, -0.2) is 0 Å². The average molecular weight is 121 g/mol. The van der Waals surface area contributed by atoms with Gasteiger partial charge in [0.2, 0.25) is 0 Å². The Morgan fingerprint density at radius 3 is 2.71 bits per heavy atom. The van der Waals surface area contributed by atoms with Gasteiger partial charge in [0.15, 0.2) is 5.15 Å². The molecule has 1 rings (SSSR count). The summed E-state index contributed by atoms with van der Waals surface area (Å²) < 4.78 is 11.6. The van der Waals surface area contributed by atoms with E-state index in [0.717, 1.165) is 6.20 Å². The van der Waals surface area contributed by atoms with Crippen LogP contribution in [0.25, 0.3) is 0 Å². The molecule has 1 aromatic rings. The van der Waals surface area contributed by atoms with E-state index in [2.05, 4.69) is 5.10 Å². The monoisotopic (exact) mass is 120 g/mol. The molecule has 2 nitrogen and oxygen atoms in total. The molecule has 0 fully saturated rings. The summed E-state index contributed by atoms with van der Waals surface area (Å²) in [5.74, 6) is 0. The Morgan fingerprint density at radius 2 is 2.57 bits per heavy atom. The van der Waals surface area contributed by atoms with Crippen molar-refractivity contribution < 1.29 is 4.48 Å². The summed E-state index contributed by atoms with van der Waals surface area (Å²) in [5.41, 5.74) is 0. The van der Waals surface area contributed by atoms with E-state index >= 15 is 0 Å². The number of hydrogen-bond donors (Lipinski definition) is 0. The molecule has 0 aliphatic carbocycles. The minimum Gasteiger partial charge on any atom is -0.130 e. The van der Waals surface area contributed by atoms with E-state index in [1.807, 2.05) is 0 Å². The summed E-state index contributed by atoms with van der Waals surface area (Å²) in [5, 5.41) is 3.30. The lowest BCUT2D eigenvalue weighted by Gasteiger charge is -1.72. The third kappa shape index (κ3) is 0.899. The highest BCUT2D eigenvalue weighted by atomic mass is 35.5. The second-order valence-corrected chi connectivity index (χ2v) is 1.41. The van der Waals surface area contributed by atoms with Gasteiger partial charge < -0.3 is 0 Å². The van der Waals surface area contributed by atoms with E-state index in [9.17, 15) is 4.48 Å². The molecule has 7 heavy (non-hydrogen) atoms. The number of halogens is 2.